The number of rotatable bonds is 9. The SMILES string of the molecule is C=CCn1c(COc2ccc(Cl)cc2C)nnc1SCc1csc(-c2ccccc2)n1. The normalized spacial score (nSPS) is 10.9. The molecule has 31 heavy (non-hydrogen) atoms. The zero-order valence-electron chi connectivity index (χ0n) is 17.0. The summed E-state index contributed by atoms with van der Waals surface area (Å²) in [6.45, 7) is 6.76. The fourth-order valence-corrected chi connectivity index (χ4v) is 5.00. The molecule has 0 radical (unpaired) electrons. The van der Waals surface area contributed by atoms with Crippen LogP contribution in [0.5, 0.6) is 5.75 Å². The third kappa shape index (κ3) is 5.36. The van der Waals surface area contributed by atoms with Crippen molar-refractivity contribution in [1.82, 2.24) is 19.7 Å². The number of aryl methyl sites for hydroxylation is 1. The van der Waals surface area contributed by atoms with Gasteiger partial charge in [0.1, 0.15) is 17.4 Å². The minimum absolute atomic E-state index is 0.318. The molecule has 2 aromatic carbocycles. The predicted molar refractivity (Wildman–Crippen MR) is 128 cm³/mol. The number of halogens is 1. The molecule has 0 spiro atoms. The smallest absolute Gasteiger partial charge is 0.191 e. The molecular weight excluding hydrogens is 448 g/mol. The molecule has 2 aromatic heterocycles. The van der Waals surface area contributed by atoms with Gasteiger partial charge < -0.3 is 4.74 Å². The Morgan fingerprint density at radius 2 is 2.03 bits per heavy atom. The van der Waals surface area contributed by atoms with Gasteiger partial charge in [-0.1, -0.05) is 59.8 Å². The van der Waals surface area contributed by atoms with Gasteiger partial charge in [-0.25, -0.2) is 4.98 Å². The van der Waals surface area contributed by atoms with Crippen molar-refractivity contribution in [3.8, 4) is 16.3 Å². The molecule has 4 rings (SSSR count). The van der Waals surface area contributed by atoms with Crippen LogP contribution in [0, 0.1) is 6.92 Å². The van der Waals surface area contributed by atoms with Crippen LogP contribution in [-0.2, 0) is 18.9 Å². The van der Waals surface area contributed by atoms with E-state index in [0.717, 1.165) is 44.3 Å². The Labute approximate surface area is 194 Å². The molecule has 0 aliphatic heterocycles. The van der Waals surface area contributed by atoms with Gasteiger partial charge >= 0.3 is 0 Å². The molecule has 2 heterocycles. The molecule has 158 valence electrons. The summed E-state index contributed by atoms with van der Waals surface area (Å²) in [5.41, 5.74) is 3.14. The molecule has 4 aromatic rings. The maximum absolute atomic E-state index is 6.03. The highest BCUT2D eigenvalue weighted by atomic mass is 35.5. The van der Waals surface area contributed by atoms with Crippen LogP contribution in [0.4, 0.5) is 0 Å². The molecule has 0 saturated heterocycles. The van der Waals surface area contributed by atoms with Crippen molar-refractivity contribution in [1.29, 1.82) is 0 Å². The van der Waals surface area contributed by atoms with Gasteiger partial charge in [-0.2, -0.15) is 0 Å². The molecular formula is C23H21ClN4OS2. The fraction of sp³-hybridized carbons (Fsp3) is 0.174. The third-order valence-electron chi connectivity index (χ3n) is 4.52. The van der Waals surface area contributed by atoms with Crippen molar-refractivity contribution in [2.75, 3.05) is 0 Å². The number of hydrogen-bond donors (Lipinski definition) is 0. The zero-order chi connectivity index (χ0) is 21.6. The number of benzene rings is 2. The minimum atomic E-state index is 0.318. The second-order valence-electron chi connectivity index (χ2n) is 6.80. The van der Waals surface area contributed by atoms with Gasteiger partial charge in [0.15, 0.2) is 11.0 Å². The van der Waals surface area contributed by atoms with E-state index >= 15 is 0 Å². The van der Waals surface area contributed by atoms with Gasteiger partial charge in [0.25, 0.3) is 0 Å². The Bertz CT molecular complexity index is 1170. The van der Waals surface area contributed by atoms with Gasteiger partial charge in [-0.15, -0.1) is 28.1 Å². The van der Waals surface area contributed by atoms with Crippen LogP contribution in [0.2, 0.25) is 5.02 Å². The number of nitrogens with zero attached hydrogens (tertiary/aromatic N) is 4. The van der Waals surface area contributed by atoms with E-state index in [4.69, 9.17) is 21.3 Å². The Hall–Kier alpha value is -2.61. The molecule has 0 aliphatic carbocycles. The first-order valence-corrected chi connectivity index (χ1v) is 11.9. The van der Waals surface area contributed by atoms with Gasteiger partial charge in [0.05, 0.1) is 5.69 Å². The minimum Gasteiger partial charge on any atom is -0.485 e. The molecule has 0 bridgehead atoms. The van der Waals surface area contributed by atoms with Crippen LogP contribution < -0.4 is 4.74 Å². The summed E-state index contributed by atoms with van der Waals surface area (Å²) in [5.74, 6) is 2.25. The summed E-state index contributed by atoms with van der Waals surface area (Å²) < 4.78 is 7.98. The first kappa shape index (κ1) is 21.6. The second kappa shape index (κ2) is 10.1. The Morgan fingerprint density at radius 1 is 1.19 bits per heavy atom. The molecule has 0 N–H and O–H groups in total. The molecule has 5 nitrogen and oxygen atoms in total. The van der Waals surface area contributed by atoms with Crippen molar-refractivity contribution in [3.63, 3.8) is 0 Å². The summed E-state index contributed by atoms with van der Waals surface area (Å²) >= 11 is 9.29. The Morgan fingerprint density at radius 3 is 2.81 bits per heavy atom. The summed E-state index contributed by atoms with van der Waals surface area (Å²) in [4.78, 5) is 4.76. The van der Waals surface area contributed by atoms with E-state index in [1.54, 1.807) is 23.1 Å². The summed E-state index contributed by atoms with van der Waals surface area (Å²) in [5, 5.41) is 13.3. The number of ether oxygens (including phenoxy) is 1. The quantitative estimate of drug-likeness (QED) is 0.209. The van der Waals surface area contributed by atoms with E-state index in [1.165, 1.54) is 0 Å². The van der Waals surface area contributed by atoms with Crippen molar-refractivity contribution in [3.05, 3.63) is 88.7 Å². The van der Waals surface area contributed by atoms with E-state index in [9.17, 15) is 0 Å². The highest BCUT2D eigenvalue weighted by molar-refractivity contribution is 7.98. The van der Waals surface area contributed by atoms with Crippen LogP contribution in [0.15, 0.2) is 71.7 Å². The topological polar surface area (TPSA) is 52.8 Å². The van der Waals surface area contributed by atoms with E-state index in [2.05, 4.69) is 34.3 Å². The van der Waals surface area contributed by atoms with Gasteiger partial charge in [0, 0.05) is 28.3 Å². The van der Waals surface area contributed by atoms with Crippen molar-refractivity contribution in [2.45, 2.75) is 31.0 Å². The molecule has 0 unspecified atom stereocenters. The lowest BCUT2D eigenvalue weighted by atomic mass is 10.2. The molecule has 0 fully saturated rings. The van der Waals surface area contributed by atoms with Crippen LogP contribution in [0.3, 0.4) is 0 Å². The van der Waals surface area contributed by atoms with E-state index in [-0.39, 0.29) is 0 Å². The highest BCUT2D eigenvalue weighted by Crippen LogP contribution is 2.28. The van der Waals surface area contributed by atoms with Gasteiger partial charge in [-0.05, 0) is 30.7 Å². The van der Waals surface area contributed by atoms with Crippen molar-refractivity contribution < 1.29 is 4.74 Å². The summed E-state index contributed by atoms with van der Waals surface area (Å²) in [6, 6.07) is 15.8. The van der Waals surface area contributed by atoms with Crippen molar-refractivity contribution >= 4 is 34.7 Å². The maximum Gasteiger partial charge on any atom is 0.191 e. The van der Waals surface area contributed by atoms with Crippen molar-refractivity contribution in [2.24, 2.45) is 0 Å². The van der Waals surface area contributed by atoms with E-state index < -0.39 is 0 Å². The van der Waals surface area contributed by atoms with Crippen LogP contribution >= 0.6 is 34.7 Å². The number of hydrogen-bond acceptors (Lipinski definition) is 6. The molecule has 0 aliphatic rings. The summed E-state index contributed by atoms with van der Waals surface area (Å²) in [7, 11) is 0. The molecule has 0 amide bonds. The fourth-order valence-electron chi connectivity index (χ4n) is 2.99. The first-order chi connectivity index (χ1) is 15.1. The lowest BCUT2D eigenvalue weighted by Crippen LogP contribution is -2.08. The standard InChI is InChI=1S/C23H21ClN4OS2/c1-3-11-28-21(13-29-20-10-9-18(24)12-16(20)2)26-27-23(28)31-15-19-14-30-22(25-19)17-7-5-4-6-8-17/h3-10,12,14H,1,11,13,15H2,2H3. The molecule has 0 atom stereocenters. The van der Waals surface area contributed by atoms with E-state index in [0.29, 0.717) is 18.2 Å². The average molecular weight is 469 g/mol. The number of thioether (sulfide) groups is 1. The Kier molecular flexibility index (Phi) is 7.06. The third-order valence-corrected chi connectivity index (χ3v) is 6.70. The largest absolute Gasteiger partial charge is 0.485 e. The predicted octanol–water partition coefficient (Wildman–Crippen LogP) is 6.42. The Balaban J connectivity index is 1.43. The highest BCUT2D eigenvalue weighted by Gasteiger charge is 2.14. The zero-order valence-corrected chi connectivity index (χ0v) is 19.4. The van der Waals surface area contributed by atoms with Crippen LogP contribution in [0.25, 0.3) is 10.6 Å². The molecule has 0 saturated carbocycles. The number of allylic oxidation sites excluding steroid dienone is 1. The monoisotopic (exact) mass is 468 g/mol. The van der Waals surface area contributed by atoms with E-state index in [1.807, 2.05) is 54.0 Å². The lowest BCUT2D eigenvalue weighted by Gasteiger charge is -2.10. The summed E-state index contributed by atoms with van der Waals surface area (Å²) in [6.07, 6.45) is 1.83. The second-order valence-corrected chi connectivity index (χ2v) is 9.03. The average Bonchev–Trinajstić information content (AvgIpc) is 3.40. The number of thiazole rings is 1. The van der Waals surface area contributed by atoms with Gasteiger partial charge in [0.2, 0.25) is 0 Å². The molecule has 8 heteroatoms. The number of aromatic nitrogens is 4. The van der Waals surface area contributed by atoms with Gasteiger partial charge in [-0.3, -0.25) is 4.57 Å². The first-order valence-electron chi connectivity index (χ1n) is 9.68. The lowest BCUT2D eigenvalue weighted by molar-refractivity contribution is 0.287. The maximum atomic E-state index is 6.03. The van der Waals surface area contributed by atoms with Crippen LogP contribution in [-0.4, -0.2) is 19.7 Å². The van der Waals surface area contributed by atoms with Crippen LogP contribution in [0.1, 0.15) is 17.1 Å².